The summed E-state index contributed by atoms with van der Waals surface area (Å²) in [5, 5.41) is 9.23. The van der Waals surface area contributed by atoms with Crippen LogP contribution in [-0.2, 0) is 16.0 Å². The smallest absolute Gasteiger partial charge is 0.311 e. The molecule has 0 aliphatic heterocycles. The van der Waals surface area contributed by atoms with Crippen molar-refractivity contribution in [3.8, 4) is 17.0 Å². The van der Waals surface area contributed by atoms with Crippen LogP contribution in [0.1, 0.15) is 5.69 Å². The van der Waals surface area contributed by atoms with Crippen LogP contribution in [0.5, 0.6) is 5.75 Å². The lowest BCUT2D eigenvalue weighted by Crippen LogP contribution is -2.06. The molecule has 0 aliphatic rings. The summed E-state index contributed by atoms with van der Waals surface area (Å²) in [6, 6.07) is 12.2. The molecule has 0 aliphatic carbocycles. The third-order valence-electron chi connectivity index (χ3n) is 2.52. The normalized spacial score (nSPS) is 10.1. The average Bonchev–Trinajstić information content (AvgIpc) is 2.40. The molecular weight excluding hydrogens is 230 g/mol. The van der Waals surface area contributed by atoms with Crippen LogP contribution < -0.4 is 0 Å². The van der Waals surface area contributed by atoms with Gasteiger partial charge < -0.3 is 9.84 Å². The lowest BCUT2D eigenvalue weighted by Gasteiger charge is -2.04. The lowest BCUT2D eigenvalue weighted by molar-refractivity contribution is -0.139. The highest BCUT2D eigenvalue weighted by Gasteiger charge is 2.06. The molecule has 92 valence electrons. The van der Waals surface area contributed by atoms with Gasteiger partial charge in [-0.05, 0) is 36.4 Å². The number of methoxy groups -OCH3 is 1. The maximum atomic E-state index is 11.2. The molecule has 1 heterocycles. The molecule has 0 spiro atoms. The molecular formula is C14H13NO3. The number of hydrogen-bond donors (Lipinski definition) is 1. The van der Waals surface area contributed by atoms with Gasteiger partial charge in [-0.25, -0.2) is 0 Å². The topological polar surface area (TPSA) is 59.4 Å². The van der Waals surface area contributed by atoms with Crippen LogP contribution >= 0.6 is 0 Å². The first-order valence-electron chi connectivity index (χ1n) is 5.51. The fourth-order valence-corrected chi connectivity index (χ4v) is 1.59. The van der Waals surface area contributed by atoms with Gasteiger partial charge in [0.05, 0.1) is 24.9 Å². The van der Waals surface area contributed by atoms with Crippen LogP contribution in [0.2, 0.25) is 0 Å². The fraction of sp³-hybridized carbons (Fsp3) is 0.143. The molecule has 0 unspecified atom stereocenters. The van der Waals surface area contributed by atoms with Crippen LogP contribution in [0.15, 0.2) is 42.5 Å². The number of phenols is 1. The molecule has 1 aromatic carbocycles. The van der Waals surface area contributed by atoms with E-state index in [-0.39, 0.29) is 18.1 Å². The van der Waals surface area contributed by atoms with Crippen molar-refractivity contribution in [2.45, 2.75) is 6.42 Å². The largest absolute Gasteiger partial charge is 0.508 e. The molecule has 0 atom stereocenters. The Morgan fingerprint density at radius 1 is 1.22 bits per heavy atom. The predicted molar refractivity (Wildman–Crippen MR) is 67.1 cm³/mol. The summed E-state index contributed by atoms with van der Waals surface area (Å²) in [6.45, 7) is 0. The average molecular weight is 243 g/mol. The van der Waals surface area contributed by atoms with Crippen molar-refractivity contribution < 1.29 is 14.6 Å². The van der Waals surface area contributed by atoms with Gasteiger partial charge in [-0.2, -0.15) is 0 Å². The van der Waals surface area contributed by atoms with Crippen LogP contribution in [-0.4, -0.2) is 23.2 Å². The van der Waals surface area contributed by atoms with Gasteiger partial charge in [0.2, 0.25) is 0 Å². The van der Waals surface area contributed by atoms with Gasteiger partial charge in [-0.15, -0.1) is 0 Å². The summed E-state index contributed by atoms with van der Waals surface area (Å²) >= 11 is 0. The number of aromatic nitrogens is 1. The maximum Gasteiger partial charge on any atom is 0.311 e. The molecule has 2 aromatic rings. The van der Waals surface area contributed by atoms with Crippen molar-refractivity contribution in [2.75, 3.05) is 7.11 Å². The fourth-order valence-electron chi connectivity index (χ4n) is 1.59. The highest BCUT2D eigenvalue weighted by atomic mass is 16.5. The minimum absolute atomic E-state index is 0.155. The quantitative estimate of drug-likeness (QED) is 0.839. The summed E-state index contributed by atoms with van der Waals surface area (Å²) in [5.41, 5.74) is 2.31. The second-order valence-electron chi connectivity index (χ2n) is 3.81. The van der Waals surface area contributed by atoms with Crippen LogP contribution in [0.4, 0.5) is 0 Å². The van der Waals surface area contributed by atoms with E-state index < -0.39 is 0 Å². The van der Waals surface area contributed by atoms with E-state index in [9.17, 15) is 9.90 Å². The molecule has 0 amide bonds. The molecule has 4 heteroatoms. The SMILES string of the molecule is COC(=O)Cc1cccc(-c2ccc(O)cc2)n1. The number of ether oxygens (including phenoxy) is 1. The maximum absolute atomic E-state index is 11.2. The van der Waals surface area contributed by atoms with E-state index in [0.717, 1.165) is 11.3 Å². The van der Waals surface area contributed by atoms with Crippen molar-refractivity contribution in [3.05, 3.63) is 48.2 Å². The number of rotatable bonds is 3. The van der Waals surface area contributed by atoms with E-state index in [0.29, 0.717) is 5.69 Å². The zero-order valence-electron chi connectivity index (χ0n) is 9.96. The number of pyridine rings is 1. The van der Waals surface area contributed by atoms with Crippen molar-refractivity contribution in [2.24, 2.45) is 0 Å². The van der Waals surface area contributed by atoms with Crippen LogP contribution in [0.3, 0.4) is 0 Å². The van der Waals surface area contributed by atoms with E-state index in [2.05, 4.69) is 9.72 Å². The minimum Gasteiger partial charge on any atom is -0.508 e. The zero-order chi connectivity index (χ0) is 13.0. The number of hydrogen-bond acceptors (Lipinski definition) is 4. The third-order valence-corrected chi connectivity index (χ3v) is 2.52. The van der Waals surface area contributed by atoms with Gasteiger partial charge in [0.25, 0.3) is 0 Å². The monoisotopic (exact) mass is 243 g/mol. The van der Waals surface area contributed by atoms with Gasteiger partial charge >= 0.3 is 5.97 Å². The van der Waals surface area contributed by atoms with E-state index in [1.807, 2.05) is 12.1 Å². The number of carbonyl (C=O) groups excluding carboxylic acids is 1. The van der Waals surface area contributed by atoms with Crippen LogP contribution in [0.25, 0.3) is 11.3 Å². The first-order valence-corrected chi connectivity index (χ1v) is 5.51. The van der Waals surface area contributed by atoms with Crippen molar-refractivity contribution in [1.29, 1.82) is 0 Å². The standard InChI is InChI=1S/C14H13NO3/c1-18-14(17)9-11-3-2-4-13(15-11)10-5-7-12(16)8-6-10/h2-8,16H,9H2,1H3. The highest BCUT2D eigenvalue weighted by molar-refractivity contribution is 5.72. The number of aromatic hydroxyl groups is 1. The first kappa shape index (κ1) is 12.1. The van der Waals surface area contributed by atoms with E-state index in [1.54, 1.807) is 30.3 Å². The molecule has 1 aromatic heterocycles. The minimum atomic E-state index is -0.314. The molecule has 0 saturated heterocycles. The summed E-state index contributed by atoms with van der Waals surface area (Å²) in [5.74, 6) is -0.102. The van der Waals surface area contributed by atoms with Crippen molar-refractivity contribution in [3.63, 3.8) is 0 Å². The van der Waals surface area contributed by atoms with Crippen molar-refractivity contribution >= 4 is 5.97 Å². The Bertz CT molecular complexity index is 549. The summed E-state index contributed by atoms with van der Waals surface area (Å²) in [7, 11) is 1.35. The summed E-state index contributed by atoms with van der Waals surface area (Å²) in [6.07, 6.45) is 0.155. The first-order chi connectivity index (χ1) is 8.69. The van der Waals surface area contributed by atoms with Crippen molar-refractivity contribution in [1.82, 2.24) is 4.98 Å². The van der Waals surface area contributed by atoms with E-state index >= 15 is 0 Å². The number of phenolic OH excluding ortho intramolecular Hbond substituents is 1. The predicted octanol–water partition coefficient (Wildman–Crippen LogP) is 2.17. The zero-order valence-corrected chi connectivity index (χ0v) is 9.96. The Kier molecular flexibility index (Phi) is 3.57. The lowest BCUT2D eigenvalue weighted by atomic mass is 10.1. The third kappa shape index (κ3) is 2.85. The van der Waals surface area contributed by atoms with E-state index in [4.69, 9.17) is 0 Å². The van der Waals surface area contributed by atoms with Gasteiger partial charge in [0.15, 0.2) is 0 Å². The molecule has 4 nitrogen and oxygen atoms in total. The molecule has 2 rings (SSSR count). The number of esters is 1. The molecule has 0 bridgehead atoms. The molecule has 0 radical (unpaired) electrons. The van der Waals surface area contributed by atoms with Gasteiger partial charge in [0, 0.05) is 5.56 Å². The molecule has 0 saturated carbocycles. The Morgan fingerprint density at radius 3 is 2.61 bits per heavy atom. The van der Waals surface area contributed by atoms with E-state index in [1.165, 1.54) is 7.11 Å². The Morgan fingerprint density at radius 2 is 1.94 bits per heavy atom. The second kappa shape index (κ2) is 5.31. The molecule has 18 heavy (non-hydrogen) atoms. The Labute approximate surface area is 105 Å². The van der Waals surface area contributed by atoms with Gasteiger partial charge in [0.1, 0.15) is 5.75 Å². The summed E-state index contributed by atoms with van der Waals surface area (Å²) in [4.78, 5) is 15.6. The second-order valence-corrected chi connectivity index (χ2v) is 3.81. The highest BCUT2D eigenvalue weighted by Crippen LogP contribution is 2.20. The Hall–Kier alpha value is -2.36. The van der Waals surface area contributed by atoms with Gasteiger partial charge in [-0.1, -0.05) is 6.07 Å². The number of nitrogens with zero attached hydrogens (tertiary/aromatic N) is 1. The van der Waals surface area contributed by atoms with Gasteiger partial charge in [-0.3, -0.25) is 9.78 Å². The molecule has 0 fully saturated rings. The summed E-state index contributed by atoms with van der Waals surface area (Å²) < 4.78 is 4.60. The number of benzene rings is 1. The Balaban J connectivity index is 2.26. The number of carbonyl (C=O) groups is 1. The van der Waals surface area contributed by atoms with Crippen LogP contribution in [0, 0.1) is 0 Å². The molecule has 1 N–H and O–H groups in total.